The van der Waals surface area contributed by atoms with Gasteiger partial charge >= 0.3 is 6.18 Å². The quantitative estimate of drug-likeness (QED) is 0.915. The summed E-state index contributed by atoms with van der Waals surface area (Å²) >= 11 is 0. The van der Waals surface area contributed by atoms with E-state index in [-0.39, 0.29) is 0 Å². The number of alkyl halides is 3. The van der Waals surface area contributed by atoms with E-state index in [1.54, 1.807) is 12.3 Å². The van der Waals surface area contributed by atoms with Gasteiger partial charge in [0.05, 0.1) is 6.26 Å². The number of nitrogens with one attached hydrogen (secondary N) is 1. The van der Waals surface area contributed by atoms with Crippen LogP contribution in [0.2, 0.25) is 0 Å². The molecule has 0 aliphatic rings. The van der Waals surface area contributed by atoms with Gasteiger partial charge in [0.1, 0.15) is 11.6 Å². The molecule has 2 aromatic rings. The predicted molar refractivity (Wildman–Crippen MR) is 57.9 cm³/mol. The van der Waals surface area contributed by atoms with Crippen molar-refractivity contribution in [3.05, 3.63) is 42.0 Å². The van der Waals surface area contributed by atoms with Crippen LogP contribution in [-0.4, -0.2) is 16.7 Å². The van der Waals surface area contributed by atoms with E-state index in [1.165, 1.54) is 6.07 Å². The minimum atomic E-state index is -4.46. The van der Waals surface area contributed by atoms with E-state index in [2.05, 4.69) is 15.5 Å². The number of nitrogens with zero attached hydrogens (tertiary/aromatic N) is 2. The second-order valence-electron chi connectivity index (χ2n) is 3.56. The van der Waals surface area contributed by atoms with E-state index >= 15 is 0 Å². The number of hydrogen-bond acceptors (Lipinski definition) is 4. The van der Waals surface area contributed by atoms with E-state index < -0.39 is 11.9 Å². The Balaban J connectivity index is 1.87. The molecule has 0 unspecified atom stereocenters. The van der Waals surface area contributed by atoms with Gasteiger partial charge in [0.2, 0.25) is 0 Å². The molecule has 0 saturated carbocycles. The van der Waals surface area contributed by atoms with Gasteiger partial charge in [-0.3, -0.25) is 0 Å². The molecule has 18 heavy (non-hydrogen) atoms. The molecule has 0 aliphatic carbocycles. The summed E-state index contributed by atoms with van der Waals surface area (Å²) in [5, 5.41) is 9.42. The average molecular weight is 257 g/mol. The highest BCUT2D eigenvalue weighted by molar-refractivity contribution is 5.33. The van der Waals surface area contributed by atoms with Crippen LogP contribution in [0, 0.1) is 0 Å². The highest BCUT2D eigenvalue weighted by atomic mass is 19.4. The van der Waals surface area contributed by atoms with Crippen molar-refractivity contribution in [3.8, 4) is 0 Å². The van der Waals surface area contributed by atoms with Crippen LogP contribution >= 0.6 is 0 Å². The Bertz CT molecular complexity index is 479. The Hall–Kier alpha value is -2.05. The molecule has 2 heterocycles. The Morgan fingerprint density at radius 3 is 2.56 bits per heavy atom. The second kappa shape index (κ2) is 5.07. The van der Waals surface area contributed by atoms with Crippen molar-refractivity contribution in [1.82, 2.24) is 10.2 Å². The molecule has 2 rings (SSSR count). The number of rotatable bonds is 4. The summed E-state index contributed by atoms with van der Waals surface area (Å²) in [4.78, 5) is 0. The number of hydrogen-bond donors (Lipinski definition) is 1. The number of furan rings is 1. The molecule has 0 atom stereocenters. The van der Waals surface area contributed by atoms with Crippen LogP contribution in [0.25, 0.3) is 0 Å². The number of aromatic nitrogens is 2. The van der Waals surface area contributed by atoms with Crippen LogP contribution in [0.5, 0.6) is 0 Å². The van der Waals surface area contributed by atoms with Crippen LogP contribution in [0.4, 0.5) is 19.0 Å². The fourth-order valence-electron chi connectivity index (χ4n) is 1.35. The number of halogens is 3. The summed E-state index contributed by atoms with van der Waals surface area (Å²) < 4.78 is 41.8. The van der Waals surface area contributed by atoms with Crippen LogP contribution in [0.3, 0.4) is 0 Å². The van der Waals surface area contributed by atoms with Gasteiger partial charge in [-0.2, -0.15) is 13.2 Å². The van der Waals surface area contributed by atoms with Gasteiger partial charge in [-0.1, -0.05) is 0 Å². The third-order valence-corrected chi connectivity index (χ3v) is 2.21. The third kappa shape index (κ3) is 3.22. The lowest BCUT2D eigenvalue weighted by molar-refractivity contribution is -0.141. The Morgan fingerprint density at radius 2 is 2.00 bits per heavy atom. The van der Waals surface area contributed by atoms with E-state index in [1.807, 2.05) is 6.07 Å². The second-order valence-corrected chi connectivity index (χ2v) is 3.56. The highest BCUT2D eigenvalue weighted by Crippen LogP contribution is 2.26. The molecule has 0 aromatic carbocycles. The smallest absolute Gasteiger partial charge is 0.435 e. The Morgan fingerprint density at radius 1 is 1.17 bits per heavy atom. The van der Waals surface area contributed by atoms with Gasteiger partial charge in [-0.15, -0.1) is 10.2 Å². The summed E-state index contributed by atoms with van der Waals surface area (Å²) in [7, 11) is 0. The molecule has 0 amide bonds. The molecule has 2 aromatic heterocycles. The van der Waals surface area contributed by atoms with E-state index in [0.717, 1.165) is 11.8 Å². The van der Waals surface area contributed by atoms with Crippen LogP contribution < -0.4 is 5.32 Å². The summed E-state index contributed by atoms with van der Waals surface area (Å²) in [6.45, 7) is 0.507. The zero-order valence-corrected chi connectivity index (χ0v) is 9.24. The fraction of sp³-hybridized carbons (Fsp3) is 0.273. The first kappa shape index (κ1) is 12.4. The fourth-order valence-corrected chi connectivity index (χ4v) is 1.35. The first-order valence-electron chi connectivity index (χ1n) is 5.23. The third-order valence-electron chi connectivity index (χ3n) is 2.21. The summed E-state index contributed by atoms with van der Waals surface area (Å²) in [6.07, 6.45) is -2.28. The highest BCUT2D eigenvalue weighted by Gasteiger charge is 2.32. The predicted octanol–water partition coefficient (Wildman–Crippen LogP) is 2.74. The van der Waals surface area contributed by atoms with Crippen LogP contribution in [-0.2, 0) is 12.6 Å². The van der Waals surface area contributed by atoms with Gasteiger partial charge < -0.3 is 9.73 Å². The van der Waals surface area contributed by atoms with Gasteiger partial charge in [0.15, 0.2) is 5.69 Å². The molecule has 4 nitrogen and oxygen atoms in total. The lowest BCUT2D eigenvalue weighted by Crippen LogP contribution is -2.11. The zero-order valence-electron chi connectivity index (χ0n) is 9.24. The maximum absolute atomic E-state index is 12.2. The molecule has 0 saturated heterocycles. The minimum absolute atomic E-state index is 0.301. The molecule has 0 bridgehead atoms. The topological polar surface area (TPSA) is 51.0 Å². The van der Waals surface area contributed by atoms with Crippen molar-refractivity contribution in [3.63, 3.8) is 0 Å². The Kier molecular flexibility index (Phi) is 3.50. The number of anilines is 1. The van der Waals surface area contributed by atoms with Gasteiger partial charge in [-0.25, -0.2) is 0 Å². The lowest BCUT2D eigenvalue weighted by atomic mass is 10.3. The lowest BCUT2D eigenvalue weighted by Gasteiger charge is -2.06. The van der Waals surface area contributed by atoms with Crippen LogP contribution in [0.15, 0.2) is 34.9 Å². The van der Waals surface area contributed by atoms with Crippen molar-refractivity contribution in [2.45, 2.75) is 12.6 Å². The van der Waals surface area contributed by atoms with E-state index in [4.69, 9.17) is 4.42 Å². The molecule has 0 fully saturated rings. The SMILES string of the molecule is FC(F)(F)c1ccc(NCCc2ccco2)nn1. The molecule has 0 radical (unpaired) electrons. The van der Waals surface area contributed by atoms with Gasteiger partial charge in [0.25, 0.3) is 0 Å². The first-order valence-corrected chi connectivity index (χ1v) is 5.23. The normalized spacial score (nSPS) is 11.5. The maximum Gasteiger partial charge on any atom is 0.435 e. The summed E-state index contributed by atoms with van der Waals surface area (Å²) in [5.74, 6) is 1.09. The first-order chi connectivity index (χ1) is 8.55. The van der Waals surface area contributed by atoms with E-state index in [9.17, 15) is 13.2 Å². The molecule has 7 heteroatoms. The molecular weight excluding hydrogens is 247 g/mol. The zero-order chi connectivity index (χ0) is 13.0. The molecule has 0 aliphatic heterocycles. The van der Waals surface area contributed by atoms with Crippen molar-refractivity contribution in [2.24, 2.45) is 0 Å². The average Bonchev–Trinajstić information content (AvgIpc) is 2.82. The largest absolute Gasteiger partial charge is 0.469 e. The maximum atomic E-state index is 12.2. The summed E-state index contributed by atoms with van der Waals surface area (Å²) in [5.41, 5.74) is -1.00. The van der Waals surface area contributed by atoms with Gasteiger partial charge in [-0.05, 0) is 24.3 Å². The molecule has 96 valence electrons. The molecular formula is C11H10F3N3O. The van der Waals surface area contributed by atoms with Crippen LogP contribution in [0.1, 0.15) is 11.5 Å². The molecule has 1 N–H and O–H groups in total. The van der Waals surface area contributed by atoms with E-state index in [0.29, 0.717) is 18.8 Å². The monoisotopic (exact) mass is 257 g/mol. The summed E-state index contributed by atoms with van der Waals surface area (Å²) in [6, 6.07) is 5.73. The van der Waals surface area contributed by atoms with Crippen molar-refractivity contribution >= 4 is 5.82 Å². The van der Waals surface area contributed by atoms with Crippen molar-refractivity contribution < 1.29 is 17.6 Å². The minimum Gasteiger partial charge on any atom is -0.469 e. The van der Waals surface area contributed by atoms with Gasteiger partial charge in [0, 0.05) is 13.0 Å². The standard InChI is InChI=1S/C11H10F3N3O/c12-11(13,14)9-3-4-10(17-16-9)15-6-5-8-2-1-7-18-8/h1-4,7H,5-6H2,(H,15,17). The van der Waals surface area contributed by atoms with Crippen molar-refractivity contribution in [1.29, 1.82) is 0 Å². The Labute approximate surface area is 101 Å². The molecule has 0 spiro atoms. The van der Waals surface area contributed by atoms with Crippen molar-refractivity contribution in [2.75, 3.05) is 11.9 Å².